The molecule has 1 heterocycles. The molecule has 1 N–H and O–H groups in total. The van der Waals surface area contributed by atoms with Crippen molar-refractivity contribution in [2.24, 2.45) is 0 Å². The maximum absolute atomic E-state index is 10.4. The van der Waals surface area contributed by atoms with Gasteiger partial charge in [0.1, 0.15) is 0 Å². The molecule has 20 heavy (non-hydrogen) atoms. The number of aliphatic hydroxyl groups excluding tert-OH is 1. The highest BCUT2D eigenvalue weighted by molar-refractivity contribution is 6.31. The zero-order valence-electron chi connectivity index (χ0n) is 12.2. The number of nitrogens with zero attached hydrogens (tertiary/aromatic N) is 2. The lowest BCUT2D eigenvalue weighted by Gasteiger charge is -2.16. The molecule has 0 aliphatic carbocycles. The van der Waals surface area contributed by atoms with Gasteiger partial charge in [0, 0.05) is 6.04 Å². The van der Waals surface area contributed by atoms with Crippen LogP contribution in [0.2, 0.25) is 5.02 Å². The van der Waals surface area contributed by atoms with Crippen LogP contribution in [0.25, 0.3) is 0 Å². The second-order valence-electron chi connectivity index (χ2n) is 5.46. The third kappa shape index (κ3) is 3.41. The number of aryl methyl sites for hydroxylation is 2. The highest BCUT2D eigenvalue weighted by Crippen LogP contribution is 2.28. The van der Waals surface area contributed by atoms with Gasteiger partial charge in [0.15, 0.2) is 0 Å². The molecule has 1 unspecified atom stereocenters. The van der Waals surface area contributed by atoms with Gasteiger partial charge in [-0.05, 0) is 39.2 Å². The first-order valence-electron chi connectivity index (χ1n) is 6.95. The Morgan fingerprint density at radius 1 is 1.35 bits per heavy atom. The number of halogens is 1. The van der Waals surface area contributed by atoms with Gasteiger partial charge < -0.3 is 5.11 Å². The van der Waals surface area contributed by atoms with Crippen molar-refractivity contribution in [1.29, 1.82) is 0 Å². The van der Waals surface area contributed by atoms with Crippen LogP contribution >= 0.6 is 11.6 Å². The van der Waals surface area contributed by atoms with Crippen molar-refractivity contribution in [2.45, 2.75) is 45.8 Å². The average molecular weight is 293 g/mol. The summed E-state index contributed by atoms with van der Waals surface area (Å²) < 4.78 is 1.79. The Labute approximate surface area is 125 Å². The Balaban J connectivity index is 2.09. The number of benzene rings is 1. The third-order valence-electron chi connectivity index (χ3n) is 3.38. The highest BCUT2D eigenvalue weighted by Gasteiger charge is 2.19. The minimum atomic E-state index is -0.590. The quantitative estimate of drug-likeness (QED) is 0.901. The number of aliphatic hydroxyl groups is 1. The van der Waals surface area contributed by atoms with E-state index in [1.54, 1.807) is 10.9 Å². The molecule has 1 aromatic heterocycles. The van der Waals surface area contributed by atoms with Crippen molar-refractivity contribution in [1.82, 2.24) is 9.78 Å². The van der Waals surface area contributed by atoms with Crippen LogP contribution in [-0.4, -0.2) is 14.9 Å². The van der Waals surface area contributed by atoms with E-state index >= 15 is 0 Å². The fourth-order valence-electron chi connectivity index (χ4n) is 2.38. The number of hydrogen-bond donors (Lipinski definition) is 1. The van der Waals surface area contributed by atoms with Crippen LogP contribution in [0, 0.1) is 6.92 Å². The van der Waals surface area contributed by atoms with E-state index in [0.29, 0.717) is 17.1 Å². The van der Waals surface area contributed by atoms with Gasteiger partial charge in [-0.2, -0.15) is 5.10 Å². The lowest BCUT2D eigenvalue weighted by molar-refractivity contribution is 0.154. The minimum absolute atomic E-state index is 0.186. The normalized spacial score (nSPS) is 12.9. The Morgan fingerprint density at radius 3 is 2.75 bits per heavy atom. The van der Waals surface area contributed by atoms with Crippen molar-refractivity contribution in [2.75, 3.05) is 0 Å². The summed E-state index contributed by atoms with van der Waals surface area (Å²) in [6.07, 6.45) is 2.48. The minimum Gasteiger partial charge on any atom is -0.387 e. The van der Waals surface area contributed by atoms with Crippen LogP contribution in [0.3, 0.4) is 0 Å². The predicted molar refractivity (Wildman–Crippen MR) is 82.1 cm³/mol. The van der Waals surface area contributed by atoms with E-state index in [1.165, 1.54) is 11.1 Å². The van der Waals surface area contributed by atoms with Gasteiger partial charge in [0.2, 0.25) is 0 Å². The van der Waals surface area contributed by atoms with Crippen LogP contribution in [0.15, 0.2) is 30.5 Å². The molecule has 0 fully saturated rings. The molecule has 108 valence electrons. The largest absolute Gasteiger partial charge is 0.387 e. The van der Waals surface area contributed by atoms with Crippen LogP contribution in [0.1, 0.15) is 49.2 Å². The molecule has 2 aromatic rings. The summed E-state index contributed by atoms with van der Waals surface area (Å²) in [6.45, 7) is 6.13. The summed E-state index contributed by atoms with van der Waals surface area (Å²) >= 11 is 6.15. The lowest BCUT2D eigenvalue weighted by atomic mass is 10.0. The topological polar surface area (TPSA) is 38.1 Å². The van der Waals surface area contributed by atoms with Crippen molar-refractivity contribution in [3.63, 3.8) is 0 Å². The molecule has 0 bridgehead atoms. The summed E-state index contributed by atoms with van der Waals surface area (Å²) in [4.78, 5) is 0. The molecular weight excluding hydrogens is 272 g/mol. The van der Waals surface area contributed by atoms with Gasteiger partial charge in [-0.1, -0.05) is 41.4 Å². The number of hydrogen-bond acceptors (Lipinski definition) is 2. The molecule has 0 saturated heterocycles. The van der Waals surface area contributed by atoms with Gasteiger partial charge in [0.25, 0.3) is 0 Å². The fourth-order valence-corrected chi connectivity index (χ4v) is 2.64. The van der Waals surface area contributed by atoms with E-state index in [9.17, 15) is 5.11 Å². The first-order chi connectivity index (χ1) is 9.49. The summed E-state index contributed by atoms with van der Waals surface area (Å²) in [5.41, 5.74) is 3.19. The molecule has 0 aliphatic rings. The molecule has 0 amide bonds. The van der Waals surface area contributed by atoms with Crippen LogP contribution < -0.4 is 0 Å². The molecule has 0 aliphatic heterocycles. The Hall–Kier alpha value is -1.32. The molecule has 0 radical (unpaired) electrons. The predicted octanol–water partition coefficient (Wildman–Crippen LogP) is 4.09. The summed E-state index contributed by atoms with van der Waals surface area (Å²) in [7, 11) is 0. The van der Waals surface area contributed by atoms with Crippen molar-refractivity contribution >= 4 is 11.6 Å². The molecule has 3 nitrogen and oxygen atoms in total. The first-order valence-corrected chi connectivity index (χ1v) is 7.33. The van der Waals surface area contributed by atoms with Crippen molar-refractivity contribution < 1.29 is 5.11 Å². The van der Waals surface area contributed by atoms with Gasteiger partial charge in [0.05, 0.1) is 23.0 Å². The van der Waals surface area contributed by atoms with Crippen molar-refractivity contribution in [3.05, 3.63) is 52.3 Å². The van der Waals surface area contributed by atoms with Gasteiger partial charge >= 0.3 is 0 Å². The van der Waals surface area contributed by atoms with E-state index in [0.717, 1.165) is 6.42 Å². The van der Waals surface area contributed by atoms with E-state index in [4.69, 9.17) is 11.6 Å². The molecular formula is C16H21ClN2O. The second kappa shape index (κ2) is 6.42. The van der Waals surface area contributed by atoms with Crippen LogP contribution in [-0.2, 0) is 6.42 Å². The summed E-state index contributed by atoms with van der Waals surface area (Å²) in [5.74, 6) is 0. The van der Waals surface area contributed by atoms with E-state index in [2.05, 4.69) is 30.2 Å². The maximum atomic E-state index is 10.4. The zero-order chi connectivity index (χ0) is 14.7. The van der Waals surface area contributed by atoms with Gasteiger partial charge in [-0.15, -0.1) is 0 Å². The Bertz CT molecular complexity index is 578. The summed E-state index contributed by atoms with van der Waals surface area (Å²) in [5, 5.41) is 15.2. The van der Waals surface area contributed by atoms with E-state index in [1.807, 2.05) is 19.9 Å². The van der Waals surface area contributed by atoms with Crippen molar-refractivity contribution in [3.8, 4) is 0 Å². The van der Waals surface area contributed by atoms with E-state index < -0.39 is 6.10 Å². The van der Waals surface area contributed by atoms with Gasteiger partial charge in [-0.3, -0.25) is 4.68 Å². The number of rotatable bonds is 5. The zero-order valence-corrected chi connectivity index (χ0v) is 12.9. The Morgan fingerprint density at radius 2 is 2.10 bits per heavy atom. The standard InChI is InChI=1S/C16H21ClN2O/c1-11(2)19-16(14(17)10-18-19)15(20)8-7-13-6-4-5-12(3)9-13/h4-6,9-11,15,20H,7-8H2,1-3H3. The molecule has 1 aromatic carbocycles. The molecule has 0 saturated carbocycles. The highest BCUT2D eigenvalue weighted by atomic mass is 35.5. The monoisotopic (exact) mass is 292 g/mol. The SMILES string of the molecule is Cc1cccc(CCC(O)c2c(Cl)cnn2C(C)C)c1. The maximum Gasteiger partial charge on any atom is 0.0975 e. The molecule has 2 rings (SSSR count). The van der Waals surface area contributed by atoms with E-state index in [-0.39, 0.29) is 6.04 Å². The van der Waals surface area contributed by atoms with Gasteiger partial charge in [-0.25, -0.2) is 0 Å². The smallest absolute Gasteiger partial charge is 0.0975 e. The average Bonchev–Trinajstić information content (AvgIpc) is 2.78. The first kappa shape index (κ1) is 15.1. The second-order valence-corrected chi connectivity index (χ2v) is 5.87. The molecule has 4 heteroatoms. The third-order valence-corrected chi connectivity index (χ3v) is 3.67. The number of aromatic nitrogens is 2. The summed E-state index contributed by atoms with van der Waals surface area (Å²) in [6, 6.07) is 8.54. The molecule has 0 spiro atoms. The Kier molecular flexibility index (Phi) is 4.84. The van der Waals surface area contributed by atoms with Crippen LogP contribution in [0.4, 0.5) is 0 Å². The lowest BCUT2D eigenvalue weighted by Crippen LogP contribution is -2.12. The van der Waals surface area contributed by atoms with Crippen LogP contribution in [0.5, 0.6) is 0 Å². The fraction of sp³-hybridized carbons (Fsp3) is 0.438. The molecule has 1 atom stereocenters.